The molecule has 0 radical (unpaired) electrons. The van der Waals surface area contributed by atoms with Gasteiger partial charge in [0.15, 0.2) is 0 Å². The molecule has 1 heterocycles. The van der Waals surface area contributed by atoms with Crippen molar-refractivity contribution in [1.29, 1.82) is 0 Å². The average molecular weight is 507 g/mol. The van der Waals surface area contributed by atoms with Crippen molar-refractivity contribution < 1.29 is 27.3 Å². The first-order valence-electron chi connectivity index (χ1n) is 11.3. The van der Waals surface area contributed by atoms with Gasteiger partial charge >= 0.3 is 0 Å². The number of nitro groups is 1. The molecule has 0 spiro atoms. The normalized spacial score (nSPS) is 13.2. The quantitative estimate of drug-likeness (QED) is 0.258. The summed E-state index contributed by atoms with van der Waals surface area (Å²) < 4.78 is 39.5. The first-order chi connectivity index (χ1) is 17.3. The minimum Gasteiger partial charge on any atom is -0.497 e. The Morgan fingerprint density at radius 2 is 1.78 bits per heavy atom. The molecule has 1 amide bonds. The minimum atomic E-state index is -4.40. The summed E-state index contributed by atoms with van der Waals surface area (Å²) in [6.45, 7) is 0. The third-order valence-electron chi connectivity index (χ3n) is 6.26. The van der Waals surface area contributed by atoms with Gasteiger partial charge in [0.05, 0.1) is 22.6 Å². The summed E-state index contributed by atoms with van der Waals surface area (Å²) in [7, 11) is -2.94. The van der Waals surface area contributed by atoms with Gasteiger partial charge in [-0.25, -0.2) is 8.42 Å². The summed E-state index contributed by atoms with van der Waals surface area (Å²) in [5, 5.41) is 12.0. The largest absolute Gasteiger partial charge is 0.497 e. The van der Waals surface area contributed by atoms with Crippen molar-refractivity contribution in [3.8, 4) is 5.75 Å². The highest BCUT2D eigenvalue weighted by atomic mass is 32.2. The summed E-state index contributed by atoms with van der Waals surface area (Å²) in [5.74, 6) is 0.422. The molecular weight excluding hydrogens is 484 g/mol. The lowest BCUT2D eigenvalue weighted by Crippen LogP contribution is -2.37. The van der Waals surface area contributed by atoms with Crippen molar-refractivity contribution in [2.45, 2.75) is 30.6 Å². The van der Waals surface area contributed by atoms with Gasteiger partial charge in [-0.05, 0) is 67.8 Å². The van der Waals surface area contributed by atoms with Crippen LogP contribution in [0.2, 0.25) is 0 Å². The second kappa shape index (κ2) is 9.12. The van der Waals surface area contributed by atoms with Gasteiger partial charge in [-0.2, -0.15) is 4.31 Å². The fraction of sp³-hybridized carbons (Fsp3) is 0.192. The number of methoxy groups -OCH3 is 1. The standard InChI is InChI=1S/C26H22N2O7S/c1-34-20-10-12-21(13-11-20)36(32,33)27(26(29)17-5-4-6-19(15-17)28(30)31)18-9-14-25-23(16-18)22-7-2-3-8-24(22)35-25/h4-6,9-16H,2-3,7-8H2,1H3. The van der Waals surface area contributed by atoms with Gasteiger partial charge in [-0.3, -0.25) is 14.9 Å². The van der Waals surface area contributed by atoms with Gasteiger partial charge in [0.2, 0.25) is 0 Å². The van der Waals surface area contributed by atoms with E-state index < -0.39 is 20.9 Å². The molecule has 0 fully saturated rings. The topological polar surface area (TPSA) is 120 Å². The molecule has 3 aromatic carbocycles. The zero-order valence-corrected chi connectivity index (χ0v) is 20.2. The highest BCUT2D eigenvalue weighted by Crippen LogP contribution is 2.36. The number of non-ortho nitro benzene ring substituents is 1. The van der Waals surface area contributed by atoms with Crippen LogP contribution in [0.15, 0.2) is 76.0 Å². The zero-order valence-electron chi connectivity index (χ0n) is 19.3. The van der Waals surface area contributed by atoms with Gasteiger partial charge in [-0.1, -0.05) is 6.07 Å². The molecule has 0 atom stereocenters. The lowest BCUT2D eigenvalue weighted by atomic mass is 9.96. The van der Waals surface area contributed by atoms with E-state index in [2.05, 4.69) is 0 Å². The Balaban J connectivity index is 1.68. The minimum absolute atomic E-state index is 0.115. The van der Waals surface area contributed by atoms with E-state index in [0.29, 0.717) is 15.6 Å². The van der Waals surface area contributed by atoms with Crippen molar-refractivity contribution in [2.75, 3.05) is 11.4 Å². The number of carbonyl (C=O) groups excluding carboxylic acids is 1. The number of nitro benzene ring substituents is 1. The van der Waals surface area contributed by atoms with E-state index in [4.69, 9.17) is 9.15 Å². The number of nitrogens with zero attached hydrogens (tertiary/aromatic N) is 2. The van der Waals surface area contributed by atoms with E-state index in [-0.39, 0.29) is 21.8 Å². The van der Waals surface area contributed by atoms with Gasteiger partial charge in [-0.15, -0.1) is 0 Å². The predicted molar refractivity (Wildman–Crippen MR) is 133 cm³/mol. The van der Waals surface area contributed by atoms with Crippen LogP contribution >= 0.6 is 0 Å². The number of carbonyl (C=O) groups is 1. The molecule has 0 bridgehead atoms. The molecule has 1 aromatic heterocycles. The van der Waals surface area contributed by atoms with Crippen molar-refractivity contribution in [3.05, 3.63) is 93.7 Å². The number of benzene rings is 3. The third kappa shape index (κ3) is 4.09. The highest BCUT2D eigenvalue weighted by molar-refractivity contribution is 7.93. The molecule has 10 heteroatoms. The molecule has 0 N–H and O–H groups in total. The van der Waals surface area contributed by atoms with Crippen LogP contribution in [-0.4, -0.2) is 26.4 Å². The van der Waals surface area contributed by atoms with Crippen molar-refractivity contribution in [1.82, 2.24) is 0 Å². The SMILES string of the molecule is COc1ccc(S(=O)(=O)N(C(=O)c2cccc([N+](=O)[O-])c2)c2ccc3oc4c(c3c2)CCCC4)cc1. The van der Waals surface area contributed by atoms with Crippen molar-refractivity contribution >= 4 is 38.3 Å². The van der Waals surface area contributed by atoms with Crippen LogP contribution in [0.25, 0.3) is 11.0 Å². The fourth-order valence-corrected chi connectivity index (χ4v) is 5.87. The maximum atomic E-state index is 13.8. The van der Waals surface area contributed by atoms with Crippen LogP contribution in [0, 0.1) is 10.1 Å². The number of anilines is 1. The van der Waals surface area contributed by atoms with E-state index in [1.165, 1.54) is 55.6 Å². The van der Waals surface area contributed by atoms with Gasteiger partial charge < -0.3 is 9.15 Å². The zero-order chi connectivity index (χ0) is 25.4. The molecule has 0 aliphatic heterocycles. The summed E-state index contributed by atoms with van der Waals surface area (Å²) in [4.78, 5) is 24.2. The predicted octanol–water partition coefficient (Wildman–Crippen LogP) is 5.26. The van der Waals surface area contributed by atoms with Crippen LogP contribution in [0.1, 0.15) is 34.5 Å². The van der Waals surface area contributed by atoms with E-state index >= 15 is 0 Å². The van der Waals surface area contributed by atoms with Crippen LogP contribution < -0.4 is 9.04 Å². The maximum Gasteiger partial charge on any atom is 0.272 e. The first-order valence-corrected chi connectivity index (χ1v) is 12.8. The van der Waals surface area contributed by atoms with Gasteiger partial charge in [0.1, 0.15) is 17.1 Å². The van der Waals surface area contributed by atoms with Gasteiger partial charge in [0, 0.05) is 35.1 Å². The summed E-state index contributed by atoms with van der Waals surface area (Å²) in [6.07, 6.45) is 3.62. The number of hydrogen-bond acceptors (Lipinski definition) is 7. The second-order valence-corrected chi connectivity index (χ2v) is 10.2. The molecule has 0 unspecified atom stereocenters. The Bertz CT molecular complexity index is 1590. The van der Waals surface area contributed by atoms with E-state index in [1.54, 1.807) is 12.1 Å². The van der Waals surface area contributed by atoms with Crippen LogP contribution in [-0.2, 0) is 22.9 Å². The number of fused-ring (bicyclic) bond motifs is 3. The molecule has 4 aromatic rings. The number of sulfonamides is 1. The lowest BCUT2D eigenvalue weighted by Gasteiger charge is -2.23. The average Bonchev–Trinajstić information content (AvgIpc) is 3.27. The Hall–Kier alpha value is -4.18. The van der Waals surface area contributed by atoms with Crippen LogP contribution in [0.5, 0.6) is 5.75 Å². The number of rotatable bonds is 6. The molecule has 36 heavy (non-hydrogen) atoms. The van der Waals surface area contributed by atoms with Crippen LogP contribution in [0.3, 0.4) is 0 Å². The summed E-state index contributed by atoms with van der Waals surface area (Å²) >= 11 is 0. The first kappa shape index (κ1) is 23.6. The van der Waals surface area contributed by atoms with Crippen molar-refractivity contribution in [2.24, 2.45) is 0 Å². The molecule has 0 saturated heterocycles. The molecule has 1 aliphatic carbocycles. The fourth-order valence-electron chi connectivity index (χ4n) is 4.47. The van der Waals surface area contributed by atoms with E-state index in [1.807, 2.05) is 0 Å². The number of amides is 1. The maximum absolute atomic E-state index is 13.8. The van der Waals surface area contributed by atoms with E-state index in [9.17, 15) is 23.3 Å². The van der Waals surface area contributed by atoms with Gasteiger partial charge in [0.25, 0.3) is 21.6 Å². The third-order valence-corrected chi connectivity index (χ3v) is 7.98. The lowest BCUT2D eigenvalue weighted by molar-refractivity contribution is -0.384. The van der Waals surface area contributed by atoms with E-state index in [0.717, 1.165) is 48.5 Å². The molecule has 0 saturated carbocycles. The monoisotopic (exact) mass is 506 g/mol. The molecule has 184 valence electrons. The van der Waals surface area contributed by atoms with Crippen molar-refractivity contribution in [3.63, 3.8) is 0 Å². The number of furan rings is 1. The van der Waals surface area contributed by atoms with Crippen LogP contribution in [0.4, 0.5) is 11.4 Å². The second-order valence-electron chi connectivity index (χ2n) is 8.45. The smallest absolute Gasteiger partial charge is 0.272 e. The summed E-state index contributed by atoms with van der Waals surface area (Å²) in [5.41, 5.74) is 1.31. The number of ether oxygens (including phenoxy) is 1. The molecule has 5 rings (SSSR count). The number of aryl methyl sites for hydroxylation is 2. The Morgan fingerprint density at radius 1 is 1.03 bits per heavy atom. The molecule has 1 aliphatic rings. The Labute approximate surface area is 207 Å². The summed E-state index contributed by atoms with van der Waals surface area (Å²) in [6, 6.07) is 15.5. The number of hydrogen-bond donors (Lipinski definition) is 0. The Kier molecular flexibility index (Phi) is 5.97. The Morgan fingerprint density at radius 3 is 2.50 bits per heavy atom. The molecular formula is C26H22N2O7S. The highest BCUT2D eigenvalue weighted by Gasteiger charge is 2.33. The molecule has 9 nitrogen and oxygen atoms in total.